The second-order valence-corrected chi connectivity index (χ2v) is 5.69. The lowest BCUT2D eigenvalue weighted by Gasteiger charge is -2.14. The third-order valence-electron chi connectivity index (χ3n) is 3.70. The Bertz CT molecular complexity index is 840. The van der Waals surface area contributed by atoms with Gasteiger partial charge in [0.15, 0.2) is 0 Å². The summed E-state index contributed by atoms with van der Waals surface area (Å²) in [7, 11) is 0. The molecule has 1 heterocycles. The molecule has 1 unspecified atom stereocenters. The highest BCUT2D eigenvalue weighted by molar-refractivity contribution is 5.81. The number of benzene rings is 2. The number of halogens is 2. The second-order valence-electron chi connectivity index (χ2n) is 5.69. The Morgan fingerprint density at radius 2 is 1.88 bits per heavy atom. The van der Waals surface area contributed by atoms with Gasteiger partial charge in [-0.2, -0.15) is 0 Å². The van der Waals surface area contributed by atoms with Gasteiger partial charge in [-0.25, -0.2) is 8.78 Å². The van der Waals surface area contributed by atoms with Crippen molar-refractivity contribution in [2.75, 3.05) is 13.2 Å². The molecule has 0 radical (unpaired) electrons. The van der Waals surface area contributed by atoms with E-state index in [4.69, 9.17) is 4.74 Å². The summed E-state index contributed by atoms with van der Waals surface area (Å²) in [4.78, 5) is 4.28. The predicted octanol–water partition coefficient (Wildman–Crippen LogP) is 3.04. The Morgan fingerprint density at radius 1 is 1.08 bits per heavy atom. The lowest BCUT2D eigenvalue weighted by Crippen LogP contribution is -2.31. The van der Waals surface area contributed by atoms with E-state index in [1.165, 1.54) is 36.4 Å². The van der Waals surface area contributed by atoms with Gasteiger partial charge in [0.1, 0.15) is 30.1 Å². The second kappa shape index (κ2) is 8.00. The third-order valence-corrected chi connectivity index (χ3v) is 3.70. The number of nitrogens with zero attached hydrogens (tertiary/aromatic N) is 1. The maximum absolute atomic E-state index is 13.7. The number of pyridine rings is 1. The van der Waals surface area contributed by atoms with E-state index in [1.807, 2.05) is 0 Å². The molecule has 0 spiro atoms. The first-order valence-electron chi connectivity index (χ1n) is 7.92. The van der Waals surface area contributed by atoms with Crippen LogP contribution in [0.3, 0.4) is 0 Å². The van der Waals surface area contributed by atoms with Crippen molar-refractivity contribution in [3.63, 3.8) is 0 Å². The van der Waals surface area contributed by atoms with E-state index in [0.717, 1.165) is 16.5 Å². The fraction of sp³-hybridized carbons (Fsp3) is 0.211. The van der Waals surface area contributed by atoms with Gasteiger partial charge in [0.25, 0.3) is 0 Å². The van der Waals surface area contributed by atoms with Gasteiger partial charge in [-0.1, -0.05) is 6.07 Å². The molecule has 0 fully saturated rings. The molecule has 3 rings (SSSR count). The largest absolute Gasteiger partial charge is 0.491 e. The van der Waals surface area contributed by atoms with Gasteiger partial charge in [0.05, 0.1) is 5.52 Å². The first-order chi connectivity index (χ1) is 12.1. The molecule has 6 heteroatoms. The highest BCUT2D eigenvalue weighted by atomic mass is 19.1. The predicted molar refractivity (Wildman–Crippen MR) is 91.3 cm³/mol. The van der Waals surface area contributed by atoms with Crippen LogP contribution in [0.1, 0.15) is 5.56 Å². The molecule has 3 aromatic rings. The Hall–Kier alpha value is -2.57. The average Bonchev–Trinajstić information content (AvgIpc) is 2.61. The molecular weight excluding hydrogens is 326 g/mol. The lowest BCUT2D eigenvalue weighted by atomic mass is 10.1. The van der Waals surface area contributed by atoms with Crippen molar-refractivity contribution in [2.24, 2.45) is 0 Å². The number of fused-ring (bicyclic) bond motifs is 1. The van der Waals surface area contributed by atoms with E-state index in [9.17, 15) is 13.9 Å². The first kappa shape index (κ1) is 17.3. The minimum absolute atomic E-state index is 0.0702. The Kier molecular flexibility index (Phi) is 5.53. The zero-order valence-corrected chi connectivity index (χ0v) is 13.5. The third kappa shape index (κ3) is 4.71. The summed E-state index contributed by atoms with van der Waals surface area (Å²) in [5, 5.41) is 13.8. The molecule has 0 aliphatic carbocycles. The lowest BCUT2D eigenvalue weighted by molar-refractivity contribution is 0.106. The van der Waals surface area contributed by atoms with Crippen molar-refractivity contribution in [1.82, 2.24) is 10.3 Å². The standard InChI is InChI=1S/C19H18F2N2O2/c20-15-3-5-18(6-4-15)25-12-17(24)11-22-10-14-9-16(21)8-13-2-1-7-23-19(13)14/h1-9,17,22,24H,10-12H2. The number of nitrogens with one attached hydrogen (secondary N) is 1. The number of aliphatic hydroxyl groups is 1. The highest BCUT2D eigenvalue weighted by Crippen LogP contribution is 2.18. The molecule has 0 aliphatic rings. The fourth-order valence-electron chi connectivity index (χ4n) is 2.52. The van der Waals surface area contributed by atoms with Gasteiger partial charge >= 0.3 is 0 Å². The molecule has 130 valence electrons. The van der Waals surface area contributed by atoms with Crippen molar-refractivity contribution in [3.8, 4) is 5.75 Å². The van der Waals surface area contributed by atoms with Crippen LogP contribution in [0.2, 0.25) is 0 Å². The van der Waals surface area contributed by atoms with Gasteiger partial charge in [0.2, 0.25) is 0 Å². The Morgan fingerprint density at radius 3 is 2.68 bits per heavy atom. The average molecular weight is 344 g/mol. The quantitative estimate of drug-likeness (QED) is 0.692. The van der Waals surface area contributed by atoms with E-state index in [2.05, 4.69) is 10.3 Å². The van der Waals surface area contributed by atoms with Crippen molar-refractivity contribution < 1.29 is 18.6 Å². The summed E-state index contributed by atoms with van der Waals surface area (Å²) in [6.07, 6.45) is 0.910. The van der Waals surface area contributed by atoms with Crippen molar-refractivity contribution in [1.29, 1.82) is 0 Å². The number of aromatic nitrogens is 1. The van der Waals surface area contributed by atoms with Crippen molar-refractivity contribution >= 4 is 10.9 Å². The van der Waals surface area contributed by atoms with Crippen LogP contribution in [-0.4, -0.2) is 29.3 Å². The van der Waals surface area contributed by atoms with Crippen LogP contribution in [0.4, 0.5) is 8.78 Å². The van der Waals surface area contributed by atoms with E-state index in [0.29, 0.717) is 12.3 Å². The van der Waals surface area contributed by atoms with Gasteiger partial charge in [-0.05, 0) is 48.0 Å². The summed E-state index contributed by atoms with van der Waals surface area (Å²) in [5.41, 5.74) is 1.45. The molecule has 0 saturated heterocycles. The SMILES string of the molecule is OC(CNCc1cc(F)cc2cccnc12)COc1ccc(F)cc1. The minimum Gasteiger partial charge on any atom is -0.491 e. The minimum atomic E-state index is -0.752. The molecule has 1 atom stereocenters. The van der Waals surface area contributed by atoms with Gasteiger partial charge < -0.3 is 15.2 Å². The van der Waals surface area contributed by atoms with Gasteiger partial charge in [-0.3, -0.25) is 4.98 Å². The zero-order chi connectivity index (χ0) is 17.6. The molecule has 0 saturated carbocycles. The molecule has 1 aromatic heterocycles. The molecular formula is C19H18F2N2O2. The molecule has 0 amide bonds. The zero-order valence-electron chi connectivity index (χ0n) is 13.5. The van der Waals surface area contributed by atoms with Crippen LogP contribution in [0, 0.1) is 11.6 Å². The van der Waals surface area contributed by atoms with E-state index in [-0.39, 0.29) is 24.8 Å². The van der Waals surface area contributed by atoms with Crippen LogP contribution in [0.15, 0.2) is 54.7 Å². The summed E-state index contributed by atoms with van der Waals surface area (Å²) >= 11 is 0. The molecule has 0 aliphatic heterocycles. The monoisotopic (exact) mass is 344 g/mol. The fourth-order valence-corrected chi connectivity index (χ4v) is 2.52. The van der Waals surface area contributed by atoms with Crippen molar-refractivity contribution in [3.05, 3.63) is 71.9 Å². The summed E-state index contributed by atoms with van der Waals surface area (Å²) in [6, 6.07) is 12.0. The van der Waals surface area contributed by atoms with E-state index >= 15 is 0 Å². The number of ether oxygens (including phenoxy) is 1. The number of hydrogen-bond acceptors (Lipinski definition) is 4. The maximum atomic E-state index is 13.7. The van der Waals surface area contributed by atoms with Gasteiger partial charge in [-0.15, -0.1) is 0 Å². The first-order valence-corrected chi connectivity index (χ1v) is 7.92. The number of hydrogen-bond donors (Lipinski definition) is 2. The summed E-state index contributed by atoms with van der Waals surface area (Å²) < 4.78 is 31.9. The highest BCUT2D eigenvalue weighted by Gasteiger charge is 2.08. The van der Waals surface area contributed by atoms with Crippen LogP contribution in [0.5, 0.6) is 5.75 Å². The van der Waals surface area contributed by atoms with Crippen LogP contribution in [-0.2, 0) is 6.54 Å². The topological polar surface area (TPSA) is 54.4 Å². The van der Waals surface area contributed by atoms with Crippen LogP contribution in [0.25, 0.3) is 10.9 Å². The molecule has 2 aromatic carbocycles. The van der Waals surface area contributed by atoms with E-state index < -0.39 is 6.10 Å². The number of rotatable bonds is 7. The Labute approximate surface area is 144 Å². The molecule has 4 nitrogen and oxygen atoms in total. The Balaban J connectivity index is 1.51. The summed E-state index contributed by atoms with van der Waals surface area (Å²) in [5.74, 6) is -0.177. The van der Waals surface area contributed by atoms with Gasteiger partial charge in [0, 0.05) is 24.7 Å². The summed E-state index contributed by atoms with van der Waals surface area (Å²) in [6.45, 7) is 0.714. The smallest absolute Gasteiger partial charge is 0.124 e. The maximum Gasteiger partial charge on any atom is 0.124 e. The molecule has 2 N–H and O–H groups in total. The van der Waals surface area contributed by atoms with Crippen LogP contribution < -0.4 is 10.1 Å². The van der Waals surface area contributed by atoms with E-state index in [1.54, 1.807) is 18.3 Å². The van der Waals surface area contributed by atoms with Crippen molar-refractivity contribution in [2.45, 2.75) is 12.6 Å². The van der Waals surface area contributed by atoms with Crippen LogP contribution >= 0.6 is 0 Å². The molecule has 0 bridgehead atoms. The molecule has 25 heavy (non-hydrogen) atoms. The number of aliphatic hydroxyl groups excluding tert-OH is 1. The normalized spacial score (nSPS) is 12.3.